The third kappa shape index (κ3) is 2.63. The van der Waals surface area contributed by atoms with Gasteiger partial charge in [0.15, 0.2) is 0 Å². The molecule has 1 aliphatic heterocycles. The Morgan fingerprint density at radius 1 is 1.47 bits per heavy atom. The third-order valence-electron chi connectivity index (χ3n) is 3.57. The average molecular weight is 237 g/mol. The molecule has 1 aliphatic rings. The number of rotatable bonds is 5. The number of anilines is 1. The van der Waals surface area contributed by atoms with Gasteiger partial charge in [-0.1, -0.05) is 13.8 Å². The summed E-state index contributed by atoms with van der Waals surface area (Å²) in [6.07, 6.45) is 5.43. The molecule has 2 heterocycles. The monoisotopic (exact) mass is 237 g/mol. The summed E-state index contributed by atoms with van der Waals surface area (Å²) in [7, 11) is 0. The van der Waals surface area contributed by atoms with Crippen LogP contribution < -0.4 is 10.2 Å². The van der Waals surface area contributed by atoms with E-state index in [0.29, 0.717) is 12.1 Å². The van der Waals surface area contributed by atoms with Gasteiger partial charge in [0.1, 0.15) is 6.26 Å². The van der Waals surface area contributed by atoms with Crippen molar-refractivity contribution in [2.45, 2.75) is 58.7 Å². The molecule has 4 heteroatoms. The molecular formula is C13H23N3O. The molecule has 17 heavy (non-hydrogen) atoms. The minimum absolute atomic E-state index is 0.547. The molecule has 1 aromatic heterocycles. The van der Waals surface area contributed by atoms with Crippen molar-refractivity contribution in [1.29, 1.82) is 0 Å². The van der Waals surface area contributed by atoms with Crippen LogP contribution in [-0.4, -0.2) is 23.6 Å². The molecule has 1 saturated heterocycles. The fraction of sp³-hybridized carbons (Fsp3) is 0.769. The second kappa shape index (κ2) is 5.54. The van der Waals surface area contributed by atoms with Crippen molar-refractivity contribution in [2.24, 2.45) is 0 Å². The van der Waals surface area contributed by atoms with Gasteiger partial charge in [0.25, 0.3) is 6.01 Å². The standard InChI is InChI=1S/C13H23N3O/c1-4-12-7-6-10(3)16(12)13-15-11(9-17-13)8-14-5-2/h9-10,12,14H,4-8H2,1-3H3. The van der Waals surface area contributed by atoms with Crippen molar-refractivity contribution < 1.29 is 4.42 Å². The summed E-state index contributed by atoms with van der Waals surface area (Å²) in [5, 5.41) is 3.26. The van der Waals surface area contributed by atoms with E-state index >= 15 is 0 Å². The molecule has 2 unspecified atom stereocenters. The molecular weight excluding hydrogens is 214 g/mol. The second-order valence-electron chi connectivity index (χ2n) is 4.80. The first-order chi connectivity index (χ1) is 8.26. The molecule has 0 amide bonds. The van der Waals surface area contributed by atoms with E-state index in [1.165, 1.54) is 12.8 Å². The topological polar surface area (TPSA) is 41.3 Å². The molecule has 1 N–H and O–H groups in total. The molecule has 0 aliphatic carbocycles. The van der Waals surface area contributed by atoms with Crippen LogP contribution in [0.4, 0.5) is 6.01 Å². The maximum atomic E-state index is 5.62. The summed E-state index contributed by atoms with van der Waals surface area (Å²) in [5.74, 6) is 0. The van der Waals surface area contributed by atoms with Gasteiger partial charge in [-0.15, -0.1) is 0 Å². The summed E-state index contributed by atoms with van der Waals surface area (Å²) in [4.78, 5) is 6.92. The number of nitrogens with one attached hydrogen (secondary N) is 1. The highest BCUT2D eigenvalue weighted by Gasteiger charge is 2.32. The molecule has 96 valence electrons. The van der Waals surface area contributed by atoms with E-state index in [-0.39, 0.29) is 0 Å². The number of hydrogen-bond donors (Lipinski definition) is 1. The highest BCUT2D eigenvalue weighted by Crippen LogP contribution is 2.31. The van der Waals surface area contributed by atoms with Crippen molar-refractivity contribution in [3.05, 3.63) is 12.0 Å². The Kier molecular flexibility index (Phi) is 4.05. The summed E-state index contributed by atoms with van der Waals surface area (Å²) < 4.78 is 5.62. The smallest absolute Gasteiger partial charge is 0.297 e. The van der Waals surface area contributed by atoms with Gasteiger partial charge >= 0.3 is 0 Å². The van der Waals surface area contributed by atoms with Crippen LogP contribution in [0.25, 0.3) is 0 Å². The quantitative estimate of drug-likeness (QED) is 0.854. The number of aromatic nitrogens is 1. The minimum Gasteiger partial charge on any atom is -0.432 e. The molecule has 1 fully saturated rings. The number of oxazole rings is 1. The third-order valence-corrected chi connectivity index (χ3v) is 3.57. The van der Waals surface area contributed by atoms with Crippen LogP contribution >= 0.6 is 0 Å². The first-order valence-electron chi connectivity index (χ1n) is 6.69. The molecule has 1 aromatic rings. The van der Waals surface area contributed by atoms with Gasteiger partial charge in [0.2, 0.25) is 0 Å². The molecule has 0 radical (unpaired) electrons. The van der Waals surface area contributed by atoms with Gasteiger partial charge in [-0.2, -0.15) is 4.98 Å². The summed E-state index contributed by atoms with van der Waals surface area (Å²) >= 11 is 0. The zero-order valence-electron chi connectivity index (χ0n) is 11.1. The Morgan fingerprint density at radius 2 is 2.29 bits per heavy atom. The Hall–Kier alpha value is -1.03. The Labute approximate surface area is 103 Å². The van der Waals surface area contributed by atoms with Gasteiger partial charge in [0, 0.05) is 18.6 Å². The normalized spacial score (nSPS) is 24.5. The zero-order chi connectivity index (χ0) is 12.3. The average Bonchev–Trinajstić information content (AvgIpc) is 2.92. The van der Waals surface area contributed by atoms with Gasteiger partial charge in [-0.25, -0.2) is 0 Å². The molecule has 2 rings (SSSR count). The first-order valence-corrected chi connectivity index (χ1v) is 6.69. The van der Waals surface area contributed by atoms with E-state index in [1.807, 2.05) is 0 Å². The molecule has 0 aromatic carbocycles. The maximum Gasteiger partial charge on any atom is 0.297 e. The van der Waals surface area contributed by atoms with E-state index in [2.05, 4.69) is 36.0 Å². The van der Waals surface area contributed by atoms with Crippen molar-refractivity contribution in [3.8, 4) is 0 Å². The predicted octanol–water partition coefficient (Wildman–Crippen LogP) is 2.55. The summed E-state index contributed by atoms with van der Waals surface area (Å²) in [6.45, 7) is 8.33. The first kappa shape index (κ1) is 12.4. The van der Waals surface area contributed by atoms with Crippen molar-refractivity contribution >= 4 is 6.01 Å². The number of hydrogen-bond acceptors (Lipinski definition) is 4. The van der Waals surface area contributed by atoms with Crippen LogP contribution in [0.1, 0.15) is 45.7 Å². The minimum atomic E-state index is 0.547. The van der Waals surface area contributed by atoms with Gasteiger partial charge in [-0.05, 0) is 32.7 Å². The fourth-order valence-corrected chi connectivity index (χ4v) is 2.57. The summed E-state index contributed by atoms with van der Waals surface area (Å²) in [5.41, 5.74) is 0.996. The fourth-order valence-electron chi connectivity index (χ4n) is 2.57. The van der Waals surface area contributed by atoms with Crippen molar-refractivity contribution in [1.82, 2.24) is 10.3 Å². The Bertz CT molecular complexity index is 350. The molecule has 0 spiro atoms. The van der Waals surface area contributed by atoms with Crippen LogP contribution in [0.3, 0.4) is 0 Å². The highest BCUT2D eigenvalue weighted by atomic mass is 16.4. The Balaban J connectivity index is 2.07. The summed E-state index contributed by atoms with van der Waals surface area (Å²) in [6, 6.07) is 1.94. The van der Waals surface area contributed by atoms with Crippen molar-refractivity contribution in [2.75, 3.05) is 11.4 Å². The van der Waals surface area contributed by atoms with Gasteiger partial charge < -0.3 is 14.6 Å². The number of nitrogens with zero attached hydrogens (tertiary/aromatic N) is 2. The lowest BCUT2D eigenvalue weighted by atomic mass is 10.2. The van der Waals surface area contributed by atoms with Gasteiger partial charge in [0.05, 0.1) is 5.69 Å². The van der Waals surface area contributed by atoms with E-state index in [1.54, 1.807) is 6.26 Å². The predicted molar refractivity (Wildman–Crippen MR) is 69.1 cm³/mol. The Morgan fingerprint density at radius 3 is 3.00 bits per heavy atom. The maximum absolute atomic E-state index is 5.62. The largest absolute Gasteiger partial charge is 0.432 e. The van der Waals surface area contributed by atoms with Crippen LogP contribution in [0.5, 0.6) is 0 Å². The van der Waals surface area contributed by atoms with Crippen LogP contribution in [0.15, 0.2) is 10.7 Å². The van der Waals surface area contributed by atoms with E-state index < -0.39 is 0 Å². The van der Waals surface area contributed by atoms with Gasteiger partial charge in [-0.3, -0.25) is 0 Å². The van der Waals surface area contributed by atoms with Crippen LogP contribution in [0.2, 0.25) is 0 Å². The van der Waals surface area contributed by atoms with Crippen LogP contribution in [0, 0.1) is 0 Å². The highest BCUT2D eigenvalue weighted by molar-refractivity contribution is 5.33. The second-order valence-corrected chi connectivity index (χ2v) is 4.80. The van der Waals surface area contributed by atoms with Crippen molar-refractivity contribution in [3.63, 3.8) is 0 Å². The molecule has 0 saturated carbocycles. The molecule has 4 nitrogen and oxygen atoms in total. The van der Waals surface area contributed by atoms with Crippen LogP contribution in [-0.2, 0) is 6.54 Å². The zero-order valence-corrected chi connectivity index (χ0v) is 11.1. The molecule has 2 atom stereocenters. The molecule has 0 bridgehead atoms. The SMILES string of the molecule is CCNCc1coc(N2C(C)CCC2CC)n1. The van der Waals surface area contributed by atoms with E-state index in [9.17, 15) is 0 Å². The lowest BCUT2D eigenvalue weighted by Crippen LogP contribution is -2.34. The lowest BCUT2D eigenvalue weighted by molar-refractivity contribution is 0.498. The lowest BCUT2D eigenvalue weighted by Gasteiger charge is -2.25. The van der Waals surface area contributed by atoms with E-state index in [0.717, 1.165) is 31.2 Å². The van der Waals surface area contributed by atoms with E-state index in [4.69, 9.17) is 4.42 Å².